The Morgan fingerprint density at radius 2 is 2.18 bits per heavy atom. The quantitative estimate of drug-likeness (QED) is 0.862. The van der Waals surface area contributed by atoms with Crippen LogP contribution >= 0.6 is 0 Å². The van der Waals surface area contributed by atoms with E-state index in [0.717, 1.165) is 30.5 Å². The number of hydrogen-bond acceptors (Lipinski definition) is 4. The molecular weight excluding hydrogens is 276 g/mol. The summed E-state index contributed by atoms with van der Waals surface area (Å²) in [5.74, 6) is 0.621. The van der Waals surface area contributed by atoms with Gasteiger partial charge < -0.3 is 10.1 Å². The van der Waals surface area contributed by atoms with E-state index in [1.165, 1.54) is 6.42 Å². The molecular formula is C18H20N2O2. The third-order valence-corrected chi connectivity index (χ3v) is 4.01. The van der Waals surface area contributed by atoms with Crippen LogP contribution in [0.15, 0.2) is 42.5 Å². The van der Waals surface area contributed by atoms with Crippen LogP contribution in [0.5, 0.6) is 5.88 Å². The maximum Gasteiger partial charge on any atom is 0.214 e. The highest BCUT2D eigenvalue weighted by molar-refractivity contribution is 5.78. The van der Waals surface area contributed by atoms with Crippen molar-refractivity contribution in [2.45, 2.75) is 31.9 Å². The van der Waals surface area contributed by atoms with Crippen molar-refractivity contribution in [1.29, 1.82) is 0 Å². The second-order valence-electron chi connectivity index (χ2n) is 5.63. The molecule has 1 aliphatic heterocycles. The molecule has 1 aliphatic rings. The summed E-state index contributed by atoms with van der Waals surface area (Å²) >= 11 is 0. The van der Waals surface area contributed by atoms with Gasteiger partial charge in [0.1, 0.15) is 12.4 Å². The van der Waals surface area contributed by atoms with Gasteiger partial charge in [0.2, 0.25) is 5.88 Å². The van der Waals surface area contributed by atoms with Crippen LogP contribution < -0.4 is 10.1 Å². The van der Waals surface area contributed by atoms with E-state index < -0.39 is 0 Å². The molecule has 22 heavy (non-hydrogen) atoms. The van der Waals surface area contributed by atoms with Gasteiger partial charge in [-0.25, -0.2) is 4.98 Å². The third kappa shape index (κ3) is 3.34. The first-order valence-electron chi connectivity index (χ1n) is 7.69. The molecule has 0 saturated carbocycles. The zero-order valence-corrected chi connectivity index (χ0v) is 12.7. The number of carbonyl (C=O) groups is 1. The maximum atomic E-state index is 10.9. The normalized spacial score (nSPS) is 18.9. The minimum atomic E-state index is 0.0894. The number of rotatable bonds is 5. The van der Waals surface area contributed by atoms with Crippen molar-refractivity contribution in [3.63, 3.8) is 0 Å². The van der Waals surface area contributed by atoms with Crippen molar-refractivity contribution >= 4 is 6.29 Å². The summed E-state index contributed by atoms with van der Waals surface area (Å²) in [7, 11) is 0. The molecule has 2 aromatic rings. The number of carbonyl (C=O) groups excluding carboxylic acids is 1. The van der Waals surface area contributed by atoms with Crippen molar-refractivity contribution in [3.8, 4) is 17.1 Å². The van der Waals surface area contributed by atoms with Crippen LogP contribution in [-0.2, 0) is 0 Å². The van der Waals surface area contributed by atoms with E-state index in [2.05, 4.69) is 17.2 Å². The fraction of sp³-hybridized carbons (Fsp3) is 0.333. The van der Waals surface area contributed by atoms with Gasteiger partial charge in [-0.3, -0.25) is 4.79 Å². The number of aldehydes is 1. The Balaban J connectivity index is 1.78. The molecule has 114 valence electrons. The van der Waals surface area contributed by atoms with Crippen molar-refractivity contribution in [2.75, 3.05) is 6.54 Å². The van der Waals surface area contributed by atoms with E-state index >= 15 is 0 Å². The third-order valence-electron chi connectivity index (χ3n) is 4.01. The molecule has 2 atom stereocenters. The average molecular weight is 296 g/mol. The Labute approximate surface area is 130 Å². The highest BCUT2D eigenvalue weighted by Crippen LogP contribution is 2.22. The number of benzene rings is 1. The van der Waals surface area contributed by atoms with E-state index in [-0.39, 0.29) is 6.10 Å². The smallest absolute Gasteiger partial charge is 0.214 e. The van der Waals surface area contributed by atoms with Crippen LogP contribution in [0.4, 0.5) is 0 Å². The molecule has 4 nitrogen and oxygen atoms in total. The molecule has 1 unspecified atom stereocenters. The minimum absolute atomic E-state index is 0.0894. The number of pyridine rings is 1. The van der Waals surface area contributed by atoms with Crippen LogP contribution in [0.3, 0.4) is 0 Å². The molecule has 0 amide bonds. The molecule has 3 rings (SSSR count). The van der Waals surface area contributed by atoms with E-state index in [9.17, 15) is 4.79 Å². The molecule has 1 aromatic heterocycles. The molecule has 0 radical (unpaired) electrons. The van der Waals surface area contributed by atoms with Crippen LogP contribution in [0.1, 0.15) is 30.1 Å². The highest BCUT2D eigenvalue weighted by atomic mass is 16.5. The van der Waals surface area contributed by atoms with Crippen LogP contribution in [-0.4, -0.2) is 30.0 Å². The van der Waals surface area contributed by atoms with Crippen molar-refractivity contribution in [3.05, 3.63) is 48.0 Å². The Hall–Kier alpha value is -2.20. The lowest BCUT2D eigenvalue weighted by atomic mass is 10.1. The fourth-order valence-electron chi connectivity index (χ4n) is 2.80. The van der Waals surface area contributed by atoms with Crippen LogP contribution in [0.2, 0.25) is 0 Å². The van der Waals surface area contributed by atoms with E-state index in [4.69, 9.17) is 4.74 Å². The van der Waals surface area contributed by atoms with Gasteiger partial charge in [0.25, 0.3) is 0 Å². The largest absolute Gasteiger partial charge is 0.473 e. The van der Waals surface area contributed by atoms with E-state index in [0.29, 0.717) is 17.5 Å². The average Bonchev–Trinajstić information content (AvgIpc) is 3.10. The van der Waals surface area contributed by atoms with Gasteiger partial charge in [0.15, 0.2) is 0 Å². The lowest BCUT2D eigenvalue weighted by molar-refractivity contribution is 0.112. The van der Waals surface area contributed by atoms with Gasteiger partial charge in [-0.05, 0) is 38.4 Å². The van der Waals surface area contributed by atoms with Crippen molar-refractivity contribution < 1.29 is 9.53 Å². The van der Waals surface area contributed by atoms with Crippen LogP contribution in [0.25, 0.3) is 11.3 Å². The standard InChI is InChI=1S/C18H20N2O2/c1-13(16-8-4-10-19-16)22-18-9-3-7-17(20-18)15-6-2-5-14(11-15)12-21/h2-3,5-7,9,11-13,16,19H,4,8,10H2,1H3/t13-,16?/m0/s1. The van der Waals surface area contributed by atoms with Crippen molar-refractivity contribution in [2.24, 2.45) is 0 Å². The van der Waals surface area contributed by atoms with Gasteiger partial charge in [-0.1, -0.05) is 24.3 Å². The summed E-state index contributed by atoms with van der Waals surface area (Å²) in [4.78, 5) is 15.5. The van der Waals surface area contributed by atoms with Crippen LogP contribution in [0, 0.1) is 0 Å². The van der Waals surface area contributed by atoms with Gasteiger partial charge in [-0.15, -0.1) is 0 Å². The predicted octanol–water partition coefficient (Wildman–Crippen LogP) is 3.08. The lowest BCUT2D eigenvalue weighted by Crippen LogP contribution is -2.36. The summed E-state index contributed by atoms with van der Waals surface area (Å²) in [6, 6.07) is 13.5. The summed E-state index contributed by atoms with van der Waals surface area (Å²) in [6.45, 7) is 3.13. The Morgan fingerprint density at radius 1 is 1.32 bits per heavy atom. The zero-order valence-electron chi connectivity index (χ0n) is 12.7. The Bertz CT molecular complexity index is 651. The second kappa shape index (κ2) is 6.71. The summed E-state index contributed by atoms with van der Waals surface area (Å²) < 4.78 is 5.97. The van der Waals surface area contributed by atoms with Gasteiger partial charge in [0.05, 0.1) is 5.69 Å². The van der Waals surface area contributed by atoms with Crippen molar-refractivity contribution in [1.82, 2.24) is 10.3 Å². The number of hydrogen-bond donors (Lipinski definition) is 1. The van der Waals surface area contributed by atoms with Gasteiger partial charge in [0, 0.05) is 23.2 Å². The first kappa shape index (κ1) is 14.7. The molecule has 4 heteroatoms. The zero-order chi connectivity index (χ0) is 15.4. The van der Waals surface area contributed by atoms with E-state index in [1.54, 1.807) is 6.07 Å². The molecule has 1 aromatic carbocycles. The lowest BCUT2D eigenvalue weighted by Gasteiger charge is -2.20. The number of ether oxygens (including phenoxy) is 1. The summed E-state index contributed by atoms with van der Waals surface area (Å²) in [5.41, 5.74) is 2.38. The summed E-state index contributed by atoms with van der Waals surface area (Å²) in [6.07, 6.45) is 3.27. The monoisotopic (exact) mass is 296 g/mol. The second-order valence-corrected chi connectivity index (χ2v) is 5.63. The Kier molecular flexibility index (Phi) is 4.49. The number of aromatic nitrogens is 1. The molecule has 1 saturated heterocycles. The molecule has 0 spiro atoms. The SMILES string of the molecule is C[C@H](Oc1cccc(-c2cccc(C=O)c2)n1)C1CCCN1. The molecule has 1 N–H and O–H groups in total. The first-order valence-corrected chi connectivity index (χ1v) is 7.69. The fourth-order valence-corrected chi connectivity index (χ4v) is 2.80. The maximum absolute atomic E-state index is 10.9. The molecule has 0 bridgehead atoms. The topological polar surface area (TPSA) is 51.2 Å². The molecule has 0 aliphatic carbocycles. The molecule has 1 fully saturated rings. The van der Waals surface area contributed by atoms with Gasteiger partial charge in [-0.2, -0.15) is 0 Å². The predicted molar refractivity (Wildman–Crippen MR) is 86.2 cm³/mol. The summed E-state index contributed by atoms with van der Waals surface area (Å²) in [5, 5.41) is 3.45. The minimum Gasteiger partial charge on any atom is -0.473 e. The Morgan fingerprint density at radius 3 is 2.95 bits per heavy atom. The first-order chi connectivity index (χ1) is 10.8. The molecule has 2 heterocycles. The number of nitrogens with one attached hydrogen (secondary N) is 1. The van der Waals surface area contributed by atoms with E-state index in [1.807, 2.05) is 36.4 Å². The number of nitrogens with zero attached hydrogens (tertiary/aromatic N) is 1. The highest BCUT2D eigenvalue weighted by Gasteiger charge is 2.22. The van der Waals surface area contributed by atoms with Gasteiger partial charge >= 0.3 is 0 Å².